The highest BCUT2D eigenvalue weighted by molar-refractivity contribution is 7.17. The van der Waals surface area contributed by atoms with Crippen molar-refractivity contribution in [3.05, 3.63) is 58.6 Å². The zero-order valence-electron chi connectivity index (χ0n) is 17.1. The smallest absolute Gasteiger partial charge is 0.335 e. The fourth-order valence-corrected chi connectivity index (χ4v) is 5.00. The van der Waals surface area contributed by atoms with Gasteiger partial charge in [-0.3, -0.25) is 4.79 Å². The first-order valence-electron chi connectivity index (χ1n) is 10.0. The first-order chi connectivity index (χ1) is 14.8. The zero-order chi connectivity index (χ0) is 21.8. The predicted octanol–water partition coefficient (Wildman–Crippen LogP) is 4.10. The molecule has 8 heteroatoms. The number of nitrogens with one attached hydrogen (secondary N) is 1. The van der Waals surface area contributed by atoms with E-state index in [-0.39, 0.29) is 17.0 Å². The minimum absolute atomic E-state index is 0.0734. The summed E-state index contributed by atoms with van der Waals surface area (Å²) < 4.78 is 5.85. The highest BCUT2D eigenvalue weighted by Gasteiger charge is 2.34. The summed E-state index contributed by atoms with van der Waals surface area (Å²) in [6.45, 7) is 5.16. The Morgan fingerprint density at radius 2 is 1.94 bits per heavy atom. The molecule has 2 aromatic carbocycles. The van der Waals surface area contributed by atoms with E-state index in [9.17, 15) is 9.59 Å². The molecule has 7 nitrogen and oxygen atoms in total. The van der Waals surface area contributed by atoms with E-state index in [4.69, 9.17) is 14.8 Å². The molecule has 0 aliphatic carbocycles. The van der Waals surface area contributed by atoms with Crippen LogP contribution in [0.5, 0.6) is 5.75 Å². The monoisotopic (exact) mass is 435 g/mol. The van der Waals surface area contributed by atoms with E-state index in [0.717, 1.165) is 33.4 Å². The number of hydrogen-bond donors (Lipinski definition) is 2. The molecule has 2 N–H and O–H groups in total. The SMILES string of the molecule is CC1(C)Cc2nc(N3CCOc4ccc(-c5ccc(C(=O)O)cc5)cc43)sc2C(=O)N1. The van der Waals surface area contributed by atoms with Crippen LogP contribution in [0.2, 0.25) is 0 Å². The molecule has 158 valence electrons. The molecule has 0 saturated heterocycles. The van der Waals surface area contributed by atoms with Crippen LogP contribution in [0.3, 0.4) is 0 Å². The standard InChI is InChI=1S/C23H21N3O4S/c1-23(2)12-16-19(20(27)25-23)31-22(24-16)26-9-10-30-18-8-7-15(11-17(18)26)13-3-5-14(6-4-13)21(28)29/h3-8,11H,9-10,12H2,1-2H3,(H,25,27)(H,28,29). The molecule has 0 radical (unpaired) electrons. The largest absolute Gasteiger partial charge is 0.490 e. The average Bonchev–Trinajstić information content (AvgIpc) is 3.16. The lowest BCUT2D eigenvalue weighted by Crippen LogP contribution is -2.48. The van der Waals surface area contributed by atoms with E-state index in [1.807, 2.05) is 32.0 Å². The summed E-state index contributed by atoms with van der Waals surface area (Å²) in [6, 6.07) is 12.7. The maximum Gasteiger partial charge on any atom is 0.335 e. The summed E-state index contributed by atoms with van der Waals surface area (Å²) in [5.74, 6) is -0.262. The van der Waals surface area contributed by atoms with Crippen LogP contribution in [0.15, 0.2) is 42.5 Å². The molecule has 0 bridgehead atoms. The first-order valence-corrected chi connectivity index (χ1v) is 10.8. The van der Waals surface area contributed by atoms with E-state index < -0.39 is 5.97 Å². The van der Waals surface area contributed by atoms with Crippen LogP contribution in [0.25, 0.3) is 11.1 Å². The number of ether oxygens (including phenoxy) is 1. The molecular formula is C23H21N3O4S. The Balaban J connectivity index is 1.52. The molecule has 0 atom stereocenters. The maximum absolute atomic E-state index is 12.5. The number of rotatable bonds is 3. The Labute approximate surface area is 183 Å². The van der Waals surface area contributed by atoms with Gasteiger partial charge in [0, 0.05) is 12.0 Å². The third kappa shape index (κ3) is 3.53. The van der Waals surface area contributed by atoms with Gasteiger partial charge < -0.3 is 20.1 Å². The van der Waals surface area contributed by atoms with Crippen molar-refractivity contribution in [3.63, 3.8) is 0 Å². The second-order valence-electron chi connectivity index (χ2n) is 8.35. The molecular weight excluding hydrogens is 414 g/mol. The van der Waals surface area contributed by atoms with Gasteiger partial charge in [0.05, 0.1) is 23.5 Å². The molecule has 1 amide bonds. The number of thiazole rings is 1. The minimum Gasteiger partial charge on any atom is -0.490 e. The van der Waals surface area contributed by atoms with Crippen LogP contribution >= 0.6 is 11.3 Å². The average molecular weight is 436 g/mol. The lowest BCUT2D eigenvalue weighted by atomic mass is 9.94. The lowest BCUT2D eigenvalue weighted by molar-refractivity contribution is 0.0696. The van der Waals surface area contributed by atoms with Gasteiger partial charge in [0.2, 0.25) is 0 Å². The van der Waals surface area contributed by atoms with Gasteiger partial charge in [0.1, 0.15) is 17.2 Å². The van der Waals surface area contributed by atoms with Crippen molar-refractivity contribution in [2.45, 2.75) is 25.8 Å². The van der Waals surface area contributed by atoms with Crippen molar-refractivity contribution in [1.82, 2.24) is 10.3 Å². The molecule has 3 heterocycles. The summed E-state index contributed by atoms with van der Waals surface area (Å²) in [6.07, 6.45) is 0.692. The third-order valence-corrected chi connectivity index (χ3v) is 6.59. The highest BCUT2D eigenvalue weighted by Crippen LogP contribution is 2.42. The fraction of sp³-hybridized carbons (Fsp3) is 0.261. The number of aromatic carboxylic acids is 1. The Morgan fingerprint density at radius 3 is 2.68 bits per heavy atom. The first kappa shape index (κ1) is 19.6. The summed E-state index contributed by atoms with van der Waals surface area (Å²) in [4.78, 5) is 31.2. The van der Waals surface area contributed by atoms with Gasteiger partial charge in [-0.05, 0) is 49.2 Å². The van der Waals surface area contributed by atoms with Crippen LogP contribution in [0.1, 0.15) is 39.6 Å². The molecule has 2 aliphatic rings. The second-order valence-corrected chi connectivity index (χ2v) is 9.33. The van der Waals surface area contributed by atoms with Gasteiger partial charge in [-0.2, -0.15) is 0 Å². The molecule has 0 saturated carbocycles. The number of benzene rings is 2. The van der Waals surface area contributed by atoms with Gasteiger partial charge in [-0.1, -0.05) is 29.5 Å². The summed E-state index contributed by atoms with van der Waals surface area (Å²) in [5.41, 5.74) is 3.53. The van der Waals surface area contributed by atoms with Crippen LogP contribution in [0.4, 0.5) is 10.8 Å². The number of aromatic nitrogens is 1. The molecule has 0 unspecified atom stereocenters. The van der Waals surface area contributed by atoms with E-state index in [1.54, 1.807) is 24.3 Å². The summed E-state index contributed by atoms with van der Waals surface area (Å²) in [5, 5.41) is 12.9. The molecule has 2 aliphatic heterocycles. The number of carboxylic acid groups (broad SMARTS) is 1. The third-order valence-electron chi connectivity index (χ3n) is 5.47. The van der Waals surface area contributed by atoms with Gasteiger partial charge in [0.15, 0.2) is 5.13 Å². The molecule has 1 aromatic heterocycles. The Morgan fingerprint density at radius 1 is 1.19 bits per heavy atom. The second kappa shape index (κ2) is 7.09. The molecule has 0 spiro atoms. The predicted molar refractivity (Wildman–Crippen MR) is 119 cm³/mol. The number of anilines is 2. The molecule has 3 aromatic rings. The molecule has 31 heavy (non-hydrogen) atoms. The maximum atomic E-state index is 12.5. The van der Waals surface area contributed by atoms with Crippen molar-refractivity contribution in [1.29, 1.82) is 0 Å². The van der Waals surface area contributed by atoms with Crippen molar-refractivity contribution < 1.29 is 19.4 Å². The number of carbonyl (C=O) groups is 2. The van der Waals surface area contributed by atoms with Crippen LogP contribution < -0.4 is 15.0 Å². The van der Waals surface area contributed by atoms with Gasteiger partial charge in [0.25, 0.3) is 5.91 Å². The van der Waals surface area contributed by atoms with Gasteiger partial charge >= 0.3 is 5.97 Å². The van der Waals surface area contributed by atoms with Crippen molar-refractivity contribution >= 4 is 34.0 Å². The van der Waals surface area contributed by atoms with E-state index >= 15 is 0 Å². The summed E-state index contributed by atoms with van der Waals surface area (Å²) in [7, 11) is 0. The number of fused-ring (bicyclic) bond motifs is 2. The summed E-state index contributed by atoms with van der Waals surface area (Å²) >= 11 is 1.40. The zero-order valence-corrected chi connectivity index (χ0v) is 18.0. The number of carbonyl (C=O) groups excluding carboxylic acids is 1. The normalized spacial score (nSPS) is 16.7. The Hall–Kier alpha value is -3.39. The quantitative estimate of drug-likeness (QED) is 0.644. The minimum atomic E-state index is -0.948. The van der Waals surface area contributed by atoms with Crippen LogP contribution in [-0.2, 0) is 6.42 Å². The van der Waals surface area contributed by atoms with E-state index in [1.165, 1.54) is 11.3 Å². The van der Waals surface area contributed by atoms with Crippen LogP contribution in [-0.4, -0.2) is 40.7 Å². The topological polar surface area (TPSA) is 91.8 Å². The van der Waals surface area contributed by atoms with Crippen molar-refractivity contribution in [2.75, 3.05) is 18.1 Å². The number of carboxylic acids is 1. The Bertz CT molecular complexity index is 1200. The fourth-order valence-electron chi connectivity index (χ4n) is 3.98. The van der Waals surface area contributed by atoms with E-state index in [0.29, 0.717) is 24.4 Å². The van der Waals surface area contributed by atoms with Gasteiger partial charge in [-0.25, -0.2) is 9.78 Å². The lowest BCUT2D eigenvalue weighted by Gasteiger charge is -2.30. The molecule has 5 rings (SSSR count). The van der Waals surface area contributed by atoms with Crippen molar-refractivity contribution in [3.8, 4) is 16.9 Å². The highest BCUT2D eigenvalue weighted by atomic mass is 32.1. The Kier molecular flexibility index (Phi) is 4.48. The van der Waals surface area contributed by atoms with E-state index in [2.05, 4.69) is 10.2 Å². The molecule has 0 fully saturated rings. The van der Waals surface area contributed by atoms with Gasteiger partial charge in [-0.15, -0.1) is 0 Å². The number of nitrogens with zero attached hydrogens (tertiary/aromatic N) is 2. The van der Waals surface area contributed by atoms with Crippen molar-refractivity contribution in [2.24, 2.45) is 0 Å². The number of hydrogen-bond acceptors (Lipinski definition) is 6. The number of amides is 1. The van der Waals surface area contributed by atoms with Crippen LogP contribution in [0, 0.1) is 0 Å².